The highest BCUT2D eigenvalue weighted by Crippen LogP contribution is 2.43. The minimum atomic E-state index is -0.653. The Morgan fingerprint density at radius 2 is 1.71 bits per heavy atom. The van der Waals surface area contributed by atoms with Crippen molar-refractivity contribution in [1.82, 2.24) is 0 Å². The quantitative estimate of drug-likeness (QED) is 0.503. The molecule has 0 aliphatic heterocycles. The normalized spacial score (nSPS) is 10.7. The molecule has 0 bridgehead atoms. The lowest BCUT2D eigenvalue weighted by Crippen LogP contribution is -2.03. The van der Waals surface area contributed by atoms with Crippen LogP contribution in [-0.4, -0.2) is 13.1 Å². The highest BCUT2D eigenvalue weighted by molar-refractivity contribution is 9.11. The summed E-state index contributed by atoms with van der Waals surface area (Å²) in [7, 11) is 1.31. The van der Waals surface area contributed by atoms with Crippen LogP contribution in [0.15, 0.2) is 52.3 Å². The van der Waals surface area contributed by atoms with Crippen molar-refractivity contribution in [2.24, 2.45) is 0 Å². The maximum Gasteiger partial charge on any atom is 0.338 e. The topological polar surface area (TPSA) is 26.3 Å². The van der Waals surface area contributed by atoms with E-state index in [-0.39, 0.29) is 0 Å². The van der Waals surface area contributed by atoms with Gasteiger partial charge in [-0.25, -0.2) is 13.6 Å². The molecule has 0 amide bonds. The van der Waals surface area contributed by atoms with E-state index in [1.54, 1.807) is 30.3 Å². The third kappa shape index (κ3) is 3.25. The minimum absolute atomic E-state index is 0.396. The monoisotopic (exact) mass is 408 g/mol. The number of rotatable bonds is 3. The predicted molar refractivity (Wildman–Crippen MR) is 94.1 cm³/mol. The summed E-state index contributed by atoms with van der Waals surface area (Å²) >= 11 is 4.79. The highest BCUT2D eigenvalue weighted by Gasteiger charge is 2.19. The molecule has 1 heterocycles. The molecule has 0 aliphatic rings. The largest absolute Gasteiger partial charge is 0.465 e. The zero-order valence-corrected chi connectivity index (χ0v) is 14.9. The van der Waals surface area contributed by atoms with Gasteiger partial charge in [-0.05, 0) is 45.8 Å². The molecule has 122 valence electrons. The number of halogens is 3. The average molecular weight is 409 g/mol. The lowest BCUT2D eigenvalue weighted by molar-refractivity contribution is 0.0601. The van der Waals surface area contributed by atoms with E-state index in [9.17, 15) is 13.6 Å². The Kier molecular flexibility index (Phi) is 4.78. The first-order chi connectivity index (χ1) is 11.5. The molecule has 3 aromatic rings. The summed E-state index contributed by atoms with van der Waals surface area (Å²) in [6, 6.07) is 12.1. The standard InChI is InChI=1S/C18H11BrF2O2S/c1-23-18(22)14-5-3-2-4-13(14)17-15(9-16(19)24-17)10-6-11(20)8-12(21)7-10/h2-9H,1H3. The van der Waals surface area contributed by atoms with Crippen molar-refractivity contribution in [3.63, 3.8) is 0 Å². The molecular weight excluding hydrogens is 398 g/mol. The van der Waals surface area contributed by atoms with Crippen molar-refractivity contribution in [1.29, 1.82) is 0 Å². The van der Waals surface area contributed by atoms with Gasteiger partial charge in [-0.1, -0.05) is 18.2 Å². The third-order valence-electron chi connectivity index (χ3n) is 3.45. The van der Waals surface area contributed by atoms with Crippen LogP contribution in [0.25, 0.3) is 21.6 Å². The zero-order valence-electron chi connectivity index (χ0n) is 12.5. The van der Waals surface area contributed by atoms with Crippen LogP contribution in [0, 0.1) is 11.6 Å². The molecule has 0 saturated heterocycles. The van der Waals surface area contributed by atoms with Crippen LogP contribution in [0.5, 0.6) is 0 Å². The Morgan fingerprint density at radius 3 is 2.38 bits per heavy atom. The van der Waals surface area contributed by atoms with Gasteiger partial charge in [0.2, 0.25) is 0 Å². The van der Waals surface area contributed by atoms with Crippen molar-refractivity contribution in [3.8, 4) is 21.6 Å². The molecule has 0 N–H and O–H groups in total. The fraction of sp³-hybridized carbons (Fsp3) is 0.0556. The van der Waals surface area contributed by atoms with Gasteiger partial charge in [-0.15, -0.1) is 11.3 Å². The number of benzene rings is 2. The first-order valence-electron chi connectivity index (χ1n) is 6.93. The number of methoxy groups -OCH3 is 1. The van der Waals surface area contributed by atoms with Crippen LogP contribution in [-0.2, 0) is 4.74 Å². The molecule has 0 aliphatic carbocycles. The van der Waals surface area contributed by atoms with E-state index >= 15 is 0 Å². The summed E-state index contributed by atoms with van der Waals surface area (Å²) in [6.07, 6.45) is 0. The molecule has 0 unspecified atom stereocenters. The van der Waals surface area contributed by atoms with Crippen LogP contribution in [0.2, 0.25) is 0 Å². The van der Waals surface area contributed by atoms with E-state index in [1.165, 1.54) is 30.6 Å². The van der Waals surface area contributed by atoms with Gasteiger partial charge in [0.25, 0.3) is 0 Å². The second kappa shape index (κ2) is 6.83. The van der Waals surface area contributed by atoms with E-state index in [0.717, 1.165) is 14.7 Å². The van der Waals surface area contributed by atoms with Crippen LogP contribution in [0.3, 0.4) is 0 Å². The Bertz CT molecular complexity index is 901. The Hall–Kier alpha value is -2.05. The van der Waals surface area contributed by atoms with Gasteiger partial charge >= 0.3 is 5.97 Å². The first kappa shape index (κ1) is 16.8. The molecular formula is C18H11BrF2O2S. The van der Waals surface area contributed by atoms with E-state index in [0.29, 0.717) is 22.3 Å². The van der Waals surface area contributed by atoms with Crippen molar-refractivity contribution in [2.75, 3.05) is 7.11 Å². The van der Waals surface area contributed by atoms with Gasteiger partial charge in [-0.2, -0.15) is 0 Å². The molecule has 24 heavy (non-hydrogen) atoms. The number of thiophene rings is 1. The Balaban J connectivity index is 2.23. The summed E-state index contributed by atoms with van der Waals surface area (Å²) in [5.41, 5.74) is 2.10. The summed E-state index contributed by atoms with van der Waals surface area (Å²) in [4.78, 5) is 12.8. The molecule has 2 aromatic carbocycles. The number of carbonyl (C=O) groups excluding carboxylic acids is 1. The van der Waals surface area contributed by atoms with Gasteiger partial charge in [-0.3, -0.25) is 0 Å². The maximum absolute atomic E-state index is 13.6. The molecule has 2 nitrogen and oxygen atoms in total. The van der Waals surface area contributed by atoms with Crippen LogP contribution in [0.1, 0.15) is 10.4 Å². The summed E-state index contributed by atoms with van der Waals surface area (Å²) in [5.74, 6) is -1.77. The number of hydrogen-bond acceptors (Lipinski definition) is 3. The van der Waals surface area contributed by atoms with Crippen molar-refractivity contribution < 1.29 is 18.3 Å². The summed E-state index contributed by atoms with van der Waals surface area (Å²) < 4.78 is 32.8. The first-order valence-corrected chi connectivity index (χ1v) is 8.54. The average Bonchev–Trinajstić information content (AvgIpc) is 2.95. The summed E-state index contributed by atoms with van der Waals surface area (Å²) in [5, 5.41) is 0. The summed E-state index contributed by atoms with van der Waals surface area (Å²) in [6.45, 7) is 0. The van der Waals surface area contributed by atoms with E-state index < -0.39 is 17.6 Å². The van der Waals surface area contributed by atoms with Gasteiger partial charge in [0.1, 0.15) is 11.6 Å². The third-order valence-corrected chi connectivity index (χ3v) is 5.12. The van der Waals surface area contributed by atoms with Gasteiger partial charge < -0.3 is 4.74 Å². The molecule has 0 atom stereocenters. The highest BCUT2D eigenvalue weighted by atomic mass is 79.9. The molecule has 0 saturated carbocycles. The number of hydrogen-bond donors (Lipinski definition) is 0. The van der Waals surface area contributed by atoms with E-state index in [4.69, 9.17) is 4.74 Å². The zero-order chi connectivity index (χ0) is 17.3. The SMILES string of the molecule is COC(=O)c1ccccc1-c1sc(Br)cc1-c1cc(F)cc(F)c1. The number of carbonyl (C=O) groups is 1. The van der Waals surface area contributed by atoms with E-state index in [1.807, 2.05) is 0 Å². The fourth-order valence-electron chi connectivity index (χ4n) is 2.45. The fourth-order valence-corrected chi connectivity index (χ4v) is 4.11. The van der Waals surface area contributed by atoms with Crippen LogP contribution in [0.4, 0.5) is 8.78 Å². The van der Waals surface area contributed by atoms with Gasteiger partial charge in [0.05, 0.1) is 16.5 Å². The smallest absolute Gasteiger partial charge is 0.338 e. The molecule has 0 radical (unpaired) electrons. The molecule has 0 spiro atoms. The van der Waals surface area contributed by atoms with Gasteiger partial charge in [0, 0.05) is 22.1 Å². The second-order valence-electron chi connectivity index (χ2n) is 4.99. The van der Waals surface area contributed by atoms with Crippen LogP contribution >= 0.6 is 27.3 Å². The molecule has 0 fully saturated rings. The Morgan fingerprint density at radius 1 is 1.04 bits per heavy atom. The van der Waals surface area contributed by atoms with Crippen molar-refractivity contribution in [3.05, 3.63) is 69.5 Å². The van der Waals surface area contributed by atoms with Crippen molar-refractivity contribution >= 4 is 33.2 Å². The number of esters is 1. The molecule has 3 rings (SSSR count). The molecule has 6 heteroatoms. The molecule has 1 aromatic heterocycles. The van der Waals surface area contributed by atoms with Crippen LogP contribution < -0.4 is 0 Å². The predicted octanol–water partition coefficient (Wildman–Crippen LogP) is 5.91. The lowest BCUT2D eigenvalue weighted by Gasteiger charge is -2.09. The maximum atomic E-state index is 13.6. The second-order valence-corrected chi connectivity index (χ2v) is 7.42. The van der Waals surface area contributed by atoms with Crippen molar-refractivity contribution in [2.45, 2.75) is 0 Å². The number of ether oxygens (including phenoxy) is 1. The Labute approximate surface area is 149 Å². The lowest BCUT2D eigenvalue weighted by atomic mass is 9.99. The minimum Gasteiger partial charge on any atom is -0.465 e. The van der Waals surface area contributed by atoms with E-state index in [2.05, 4.69) is 15.9 Å². The van der Waals surface area contributed by atoms with Gasteiger partial charge in [0.15, 0.2) is 0 Å².